The molecule has 3 heteroatoms. The lowest BCUT2D eigenvalue weighted by Gasteiger charge is -2.21. The Hall–Kier alpha value is -0.800. The predicted octanol–water partition coefficient (Wildman–Crippen LogP) is 0.726. The molecule has 0 amide bonds. The molecule has 1 aliphatic rings. The minimum Gasteiger partial charge on any atom is -0.467 e. The zero-order chi connectivity index (χ0) is 8.55. The van der Waals surface area contributed by atoms with E-state index in [1.807, 2.05) is 0 Å². The lowest BCUT2D eigenvalue weighted by molar-refractivity contribution is 0.277. The van der Waals surface area contributed by atoms with Crippen molar-refractivity contribution in [1.29, 1.82) is 0 Å². The van der Waals surface area contributed by atoms with Crippen molar-refractivity contribution < 1.29 is 4.42 Å². The molecule has 0 radical (unpaired) electrons. The first-order valence-corrected chi connectivity index (χ1v) is 4.28. The average molecular weight is 166 g/mol. The van der Waals surface area contributed by atoms with Gasteiger partial charge in [-0.1, -0.05) is 0 Å². The monoisotopic (exact) mass is 166 g/mol. The fourth-order valence-corrected chi connectivity index (χ4v) is 1.69. The maximum absolute atomic E-state index is 5.58. The molecule has 0 unspecified atom stereocenters. The van der Waals surface area contributed by atoms with Gasteiger partial charge in [0.1, 0.15) is 5.76 Å². The summed E-state index contributed by atoms with van der Waals surface area (Å²) in [5.41, 5.74) is 8.10. The fraction of sp³-hybridized carbons (Fsp3) is 0.556. The number of nitrogens with two attached hydrogens (primary N) is 1. The van der Waals surface area contributed by atoms with Crippen molar-refractivity contribution in [2.24, 2.45) is 5.73 Å². The van der Waals surface area contributed by atoms with Gasteiger partial charge in [-0.05, 0) is 13.5 Å². The van der Waals surface area contributed by atoms with E-state index in [4.69, 9.17) is 10.2 Å². The van der Waals surface area contributed by atoms with Crippen molar-refractivity contribution in [3.8, 4) is 0 Å². The highest BCUT2D eigenvalue weighted by molar-refractivity contribution is 5.29. The highest BCUT2D eigenvalue weighted by Gasteiger charge is 2.18. The molecule has 0 bridgehead atoms. The third kappa shape index (κ3) is 1.15. The van der Waals surface area contributed by atoms with Crippen LogP contribution < -0.4 is 5.73 Å². The van der Waals surface area contributed by atoms with Gasteiger partial charge in [-0.3, -0.25) is 4.90 Å². The molecule has 0 atom stereocenters. The summed E-state index contributed by atoms with van der Waals surface area (Å²) in [5.74, 6) is 1.10. The van der Waals surface area contributed by atoms with Crippen molar-refractivity contribution >= 4 is 0 Å². The Kier molecular flexibility index (Phi) is 1.90. The fourth-order valence-electron chi connectivity index (χ4n) is 1.69. The van der Waals surface area contributed by atoms with Crippen LogP contribution in [0.25, 0.3) is 0 Å². The second-order valence-electron chi connectivity index (χ2n) is 3.35. The van der Waals surface area contributed by atoms with E-state index in [0.29, 0.717) is 6.54 Å². The molecular weight excluding hydrogens is 152 g/mol. The van der Waals surface area contributed by atoms with Crippen LogP contribution in [0.3, 0.4) is 0 Å². The van der Waals surface area contributed by atoms with Crippen molar-refractivity contribution in [2.75, 3.05) is 13.6 Å². The van der Waals surface area contributed by atoms with Crippen molar-refractivity contribution in [3.63, 3.8) is 0 Å². The molecule has 1 aromatic rings. The van der Waals surface area contributed by atoms with E-state index in [-0.39, 0.29) is 0 Å². The van der Waals surface area contributed by atoms with E-state index in [0.717, 1.165) is 25.3 Å². The van der Waals surface area contributed by atoms with Crippen LogP contribution in [-0.4, -0.2) is 18.5 Å². The quantitative estimate of drug-likeness (QED) is 0.668. The van der Waals surface area contributed by atoms with E-state index in [9.17, 15) is 0 Å². The largest absolute Gasteiger partial charge is 0.467 e. The van der Waals surface area contributed by atoms with Crippen LogP contribution in [0.5, 0.6) is 0 Å². The number of furan rings is 1. The molecule has 66 valence electrons. The predicted molar refractivity (Wildman–Crippen MR) is 46.6 cm³/mol. The lowest BCUT2D eigenvalue weighted by atomic mass is 10.0. The molecule has 3 nitrogen and oxygen atoms in total. The van der Waals surface area contributed by atoms with Crippen LogP contribution in [0.4, 0.5) is 0 Å². The van der Waals surface area contributed by atoms with Crippen molar-refractivity contribution in [1.82, 2.24) is 4.90 Å². The molecule has 12 heavy (non-hydrogen) atoms. The van der Waals surface area contributed by atoms with E-state index >= 15 is 0 Å². The third-order valence-corrected chi connectivity index (χ3v) is 2.44. The molecule has 0 aliphatic carbocycles. The summed E-state index contributed by atoms with van der Waals surface area (Å²) in [6.07, 6.45) is 2.87. The second-order valence-corrected chi connectivity index (χ2v) is 3.35. The Morgan fingerprint density at radius 2 is 2.50 bits per heavy atom. The summed E-state index contributed by atoms with van der Waals surface area (Å²) in [6, 6.07) is 0. The van der Waals surface area contributed by atoms with Gasteiger partial charge in [-0.15, -0.1) is 0 Å². The molecule has 0 saturated heterocycles. The maximum atomic E-state index is 5.58. The van der Waals surface area contributed by atoms with Crippen LogP contribution in [0.2, 0.25) is 0 Å². The summed E-state index contributed by atoms with van der Waals surface area (Å²) < 4.78 is 5.43. The van der Waals surface area contributed by atoms with Crippen LogP contribution in [0.1, 0.15) is 16.9 Å². The van der Waals surface area contributed by atoms with Gasteiger partial charge in [0.05, 0.1) is 12.8 Å². The second kappa shape index (κ2) is 2.92. The summed E-state index contributed by atoms with van der Waals surface area (Å²) in [6.45, 7) is 2.64. The van der Waals surface area contributed by atoms with Crippen molar-refractivity contribution in [3.05, 3.63) is 23.2 Å². The molecular formula is C9H14N2O. The summed E-state index contributed by atoms with van der Waals surface area (Å²) >= 11 is 0. The molecule has 2 heterocycles. The van der Waals surface area contributed by atoms with Crippen LogP contribution in [0.15, 0.2) is 10.7 Å². The highest BCUT2D eigenvalue weighted by atomic mass is 16.3. The molecule has 1 aromatic heterocycles. The van der Waals surface area contributed by atoms with E-state index in [2.05, 4.69) is 11.9 Å². The number of nitrogens with zero attached hydrogens (tertiary/aromatic N) is 1. The Labute approximate surface area is 72.1 Å². The SMILES string of the molecule is CN1CCc2c(CN)coc2C1. The van der Waals surface area contributed by atoms with E-state index in [1.165, 1.54) is 11.1 Å². The van der Waals surface area contributed by atoms with Crippen LogP contribution in [0, 0.1) is 0 Å². The van der Waals surface area contributed by atoms with Gasteiger partial charge in [-0.25, -0.2) is 0 Å². The van der Waals surface area contributed by atoms with Crippen LogP contribution >= 0.6 is 0 Å². The molecule has 2 N–H and O–H groups in total. The van der Waals surface area contributed by atoms with E-state index < -0.39 is 0 Å². The molecule has 2 rings (SSSR count). The zero-order valence-electron chi connectivity index (χ0n) is 7.34. The van der Waals surface area contributed by atoms with Gasteiger partial charge in [0.25, 0.3) is 0 Å². The average Bonchev–Trinajstić information content (AvgIpc) is 2.46. The first-order chi connectivity index (χ1) is 5.81. The molecule has 0 saturated carbocycles. The Balaban J connectivity index is 2.32. The maximum Gasteiger partial charge on any atom is 0.121 e. The minimum absolute atomic E-state index is 0.600. The van der Waals surface area contributed by atoms with Gasteiger partial charge < -0.3 is 10.2 Å². The first kappa shape index (κ1) is 7.83. The summed E-state index contributed by atoms with van der Waals surface area (Å²) in [5, 5.41) is 0. The Bertz CT molecular complexity index is 280. The first-order valence-electron chi connectivity index (χ1n) is 4.28. The van der Waals surface area contributed by atoms with Gasteiger partial charge in [-0.2, -0.15) is 0 Å². The van der Waals surface area contributed by atoms with Gasteiger partial charge in [0, 0.05) is 24.2 Å². The summed E-state index contributed by atoms with van der Waals surface area (Å²) in [7, 11) is 2.10. The topological polar surface area (TPSA) is 42.4 Å². The number of hydrogen-bond acceptors (Lipinski definition) is 3. The Morgan fingerprint density at radius 1 is 1.67 bits per heavy atom. The third-order valence-electron chi connectivity index (χ3n) is 2.44. The Morgan fingerprint density at radius 3 is 3.25 bits per heavy atom. The van der Waals surface area contributed by atoms with Crippen LogP contribution in [-0.2, 0) is 19.5 Å². The highest BCUT2D eigenvalue weighted by Crippen LogP contribution is 2.22. The summed E-state index contributed by atoms with van der Waals surface area (Å²) in [4.78, 5) is 2.26. The molecule has 0 aromatic carbocycles. The number of hydrogen-bond donors (Lipinski definition) is 1. The molecule has 0 fully saturated rings. The zero-order valence-corrected chi connectivity index (χ0v) is 7.34. The van der Waals surface area contributed by atoms with Gasteiger partial charge in [0.2, 0.25) is 0 Å². The van der Waals surface area contributed by atoms with Gasteiger partial charge >= 0.3 is 0 Å². The molecule has 1 aliphatic heterocycles. The molecule has 0 spiro atoms. The smallest absolute Gasteiger partial charge is 0.121 e. The normalized spacial score (nSPS) is 17.8. The number of rotatable bonds is 1. The van der Waals surface area contributed by atoms with E-state index in [1.54, 1.807) is 6.26 Å². The number of likely N-dealkylation sites (N-methyl/N-ethyl adjacent to an activating group) is 1. The minimum atomic E-state index is 0.600. The lowest BCUT2D eigenvalue weighted by Crippen LogP contribution is -2.26. The number of fused-ring (bicyclic) bond motifs is 1. The van der Waals surface area contributed by atoms with Gasteiger partial charge in [0.15, 0.2) is 0 Å². The van der Waals surface area contributed by atoms with Crippen molar-refractivity contribution in [2.45, 2.75) is 19.5 Å². The standard InChI is InChI=1S/C9H14N2O/c1-11-3-2-8-7(4-10)6-12-9(8)5-11/h6H,2-5,10H2,1H3.